The Morgan fingerprint density at radius 3 is 2.39 bits per heavy atom. The minimum Gasteiger partial charge on any atom is -0.484 e. The van der Waals surface area contributed by atoms with Crippen LogP contribution in [0.4, 0.5) is 8.78 Å². The van der Waals surface area contributed by atoms with Gasteiger partial charge in [0.2, 0.25) is 0 Å². The third-order valence-electron chi connectivity index (χ3n) is 4.78. The van der Waals surface area contributed by atoms with E-state index in [2.05, 4.69) is 5.32 Å². The Morgan fingerprint density at radius 2 is 1.71 bits per heavy atom. The summed E-state index contributed by atoms with van der Waals surface area (Å²) in [5.41, 5.74) is 0.0900. The van der Waals surface area contributed by atoms with Crippen LogP contribution in [0.3, 0.4) is 0 Å². The molecule has 1 aliphatic rings. The van der Waals surface area contributed by atoms with Crippen molar-refractivity contribution in [1.82, 2.24) is 10.2 Å². The van der Waals surface area contributed by atoms with Gasteiger partial charge in [0, 0.05) is 19.6 Å². The molecule has 2 aromatic carbocycles. The summed E-state index contributed by atoms with van der Waals surface area (Å²) in [6, 6.07) is 11.4. The Kier molecular flexibility index (Phi) is 6.57. The lowest BCUT2D eigenvalue weighted by Crippen LogP contribution is -2.42. The molecule has 148 valence electrons. The molecule has 1 N–H and O–H groups in total. The number of carbonyl (C=O) groups excluding carboxylic acids is 2. The third kappa shape index (κ3) is 5.28. The molecule has 1 aliphatic heterocycles. The third-order valence-corrected chi connectivity index (χ3v) is 4.78. The van der Waals surface area contributed by atoms with Crippen LogP contribution in [0.15, 0.2) is 48.5 Å². The predicted octanol–water partition coefficient (Wildman–Crippen LogP) is 3.01. The van der Waals surface area contributed by atoms with Gasteiger partial charge in [0.15, 0.2) is 6.61 Å². The largest absolute Gasteiger partial charge is 0.484 e. The first-order valence-corrected chi connectivity index (χ1v) is 9.22. The number of rotatable bonds is 6. The summed E-state index contributed by atoms with van der Waals surface area (Å²) in [4.78, 5) is 26.0. The topological polar surface area (TPSA) is 58.6 Å². The molecule has 0 spiro atoms. The van der Waals surface area contributed by atoms with Crippen LogP contribution in [0.1, 0.15) is 23.2 Å². The van der Waals surface area contributed by atoms with Crippen LogP contribution in [-0.4, -0.2) is 43.0 Å². The number of hydrogen-bond donors (Lipinski definition) is 1. The Hall–Kier alpha value is -2.96. The number of ether oxygens (including phenoxy) is 1. The molecule has 1 saturated heterocycles. The van der Waals surface area contributed by atoms with E-state index in [4.69, 9.17) is 4.74 Å². The molecule has 0 unspecified atom stereocenters. The van der Waals surface area contributed by atoms with Gasteiger partial charge in [-0.1, -0.05) is 12.1 Å². The van der Waals surface area contributed by atoms with Gasteiger partial charge in [0.05, 0.1) is 5.56 Å². The lowest BCUT2D eigenvalue weighted by atomic mass is 9.96. The molecule has 0 bridgehead atoms. The van der Waals surface area contributed by atoms with Crippen molar-refractivity contribution >= 4 is 11.8 Å². The van der Waals surface area contributed by atoms with Crippen LogP contribution in [-0.2, 0) is 4.79 Å². The van der Waals surface area contributed by atoms with E-state index >= 15 is 0 Å². The van der Waals surface area contributed by atoms with Crippen LogP contribution >= 0.6 is 0 Å². The molecule has 2 aromatic rings. The lowest BCUT2D eigenvalue weighted by molar-refractivity contribution is -0.123. The molecule has 0 aromatic heterocycles. The van der Waals surface area contributed by atoms with Crippen LogP contribution in [0.25, 0.3) is 0 Å². The summed E-state index contributed by atoms with van der Waals surface area (Å²) in [7, 11) is 0. The molecule has 0 saturated carbocycles. The second-order valence-corrected chi connectivity index (χ2v) is 6.76. The van der Waals surface area contributed by atoms with Gasteiger partial charge in [0.25, 0.3) is 11.8 Å². The van der Waals surface area contributed by atoms with Crippen LogP contribution in [0.2, 0.25) is 0 Å². The number of carbonyl (C=O) groups is 2. The van der Waals surface area contributed by atoms with Gasteiger partial charge in [-0.2, -0.15) is 0 Å². The minimum absolute atomic E-state index is 0.0900. The van der Waals surface area contributed by atoms with Gasteiger partial charge >= 0.3 is 0 Å². The molecule has 1 fully saturated rings. The normalized spacial score (nSPS) is 14.6. The van der Waals surface area contributed by atoms with Gasteiger partial charge in [-0.15, -0.1) is 0 Å². The van der Waals surface area contributed by atoms with Crippen LogP contribution in [0, 0.1) is 17.6 Å². The molecular weight excluding hydrogens is 366 g/mol. The smallest absolute Gasteiger partial charge is 0.257 e. The second-order valence-electron chi connectivity index (χ2n) is 6.76. The second kappa shape index (κ2) is 9.30. The average molecular weight is 388 g/mol. The van der Waals surface area contributed by atoms with Gasteiger partial charge in [-0.25, -0.2) is 8.78 Å². The summed E-state index contributed by atoms with van der Waals surface area (Å²) in [5.74, 6) is -0.752. The summed E-state index contributed by atoms with van der Waals surface area (Å²) >= 11 is 0. The molecule has 0 radical (unpaired) electrons. The highest BCUT2D eigenvalue weighted by Crippen LogP contribution is 2.19. The van der Waals surface area contributed by atoms with E-state index in [9.17, 15) is 18.4 Å². The van der Waals surface area contributed by atoms with E-state index in [0.717, 1.165) is 12.8 Å². The van der Waals surface area contributed by atoms with Crippen LogP contribution < -0.4 is 10.1 Å². The fraction of sp³-hybridized carbons (Fsp3) is 0.333. The van der Waals surface area contributed by atoms with Gasteiger partial charge < -0.3 is 15.0 Å². The Labute approximate surface area is 162 Å². The first-order valence-electron chi connectivity index (χ1n) is 9.22. The molecule has 0 atom stereocenters. The van der Waals surface area contributed by atoms with E-state index < -0.39 is 5.82 Å². The number of hydrogen-bond acceptors (Lipinski definition) is 3. The molecule has 3 rings (SSSR count). The Morgan fingerprint density at radius 1 is 1.04 bits per heavy atom. The fourth-order valence-corrected chi connectivity index (χ4v) is 3.13. The zero-order valence-corrected chi connectivity index (χ0v) is 15.4. The lowest BCUT2D eigenvalue weighted by Gasteiger charge is -2.32. The van der Waals surface area contributed by atoms with E-state index in [-0.39, 0.29) is 35.7 Å². The fourth-order valence-electron chi connectivity index (χ4n) is 3.13. The maximum atomic E-state index is 13.8. The van der Waals surface area contributed by atoms with Crippen molar-refractivity contribution in [3.63, 3.8) is 0 Å². The number of likely N-dealkylation sites (tertiary alicyclic amines) is 1. The summed E-state index contributed by atoms with van der Waals surface area (Å²) < 4.78 is 31.9. The zero-order chi connectivity index (χ0) is 19.9. The molecule has 7 heteroatoms. The van der Waals surface area contributed by atoms with Crippen molar-refractivity contribution in [3.8, 4) is 5.75 Å². The molecule has 28 heavy (non-hydrogen) atoms. The maximum absolute atomic E-state index is 13.8. The average Bonchev–Trinajstić information content (AvgIpc) is 2.72. The molecule has 5 nitrogen and oxygen atoms in total. The first kappa shape index (κ1) is 19.8. The number of benzene rings is 2. The van der Waals surface area contributed by atoms with Gasteiger partial charge in [-0.05, 0) is 55.2 Å². The highest BCUT2D eigenvalue weighted by molar-refractivity contribution is 5.94. The number of piperidine rings is 1. The molecule has 2 amide bonds. The van der Waals surface area contributed by atoms with E-state index in [0.29, 0.717) is 25.4 Å². The maximum Gasteiger partial charge on any atom is 0.257 e. The van der Waals surface area contributed by atoms with Crippen molar-refractivity contribution < 1.29 is 23.1 Å². The monoisotopic (exact) mass is 388 g/mol. The van der Waals surface area contributed by atoms with E-state index in [1.165, 1.54) is 36.4 Å². The van der Waals surface area contributed by atoms with Crippen molar-refractivity contribution in [2.75, 3.05) is 26.2 Å². The highest BCUT2D eigenvalue weighted by atomic mass is 19.1. The van der Waals surface area contributed by atoms with E-state index in [1.54, 1.807) is 17.0 Å². The van der Waals surface area contributed by atoms with Crippen molar-refractivity contribution in [2.24, 2.45) is 5.92 Å². The summed E-state index contributed by atoms with van der Waals surface area (Å²) in [6.07, 6.45) is 1.47. The quantitative estimate of drug-likeness (QED) is 0.828. The van der Waals surface area contributed by atoms with Crippen molar-refractivity contribution in [3.05, 3.63) is 65.7 Å². The van der Waals surface area contributed by atoms with Gasteiger partial charge in [-0.3, -0.25) is 9.59 Å². The Balaban J connectivity index is 1.38. The highest BCUT2D eigenvalue weighted by Gasteiger charge is 2.25. The summed E-state index contributed by atoms with van der Waals surface area (Å²) in [5, 5.41) is 2.82. The van der Waals surface area contributed by atoms with E-state index in [1.807, 2.05) is 0 Å². The Bertz CT molecular complexity index is 819. The SMILES string of the molecule is O=C(COc1ccc(F)cc1)NCC1CCN(C(=O)c2ccccc2F)CC1. The minimum atomic E-state index is -0.511. The number of nitrogens with zero attached hydrogens (tertiary/aromatic N) is 1. The van der Waals surface area contributed by atoms with Gasteiger partial charge in [0.1, 0.15) is 17.4 Å². The zero-order valence-electron chi connectivity index (χ0n) is 15.4. The van der Waals surface area contributed by atoms with Crippen molar-refractivity contribution in [2.45, 2.75) is 12.8 Å². The first-order chi connectivity index (χ1) is 13.5. The number of nitrogens with one attached hydrogen (secondary N) is 1. The number of halogens is 2. The molecule has 1 heterocycles. The standard InChI is InChI=1S/C21H22F2N2O3/c22-16-5-7-17(8-6-16)28-14-20(26)24-13-15-9-11-25(12-10-15)21(27)18-3-1-2-4-19(18)23/h1-8,15H,9-14H2,(H,24,26). The summed E-state index contributed by atoms with van der Waals surface area (Å²) in [6.45, 7) is 1.41. The van der Waals surface area contributed by atoms with Crippen LogP contribution in [0.5, 0.6) is 5.75 Å². The predicted molar refractivity (Wildman–Crippen MR) is 99.9 cm³/mol. The molecular formula is C21H22F2N2O3. The molecule has 0 aliphatic carbocycles. The van der Waals surface area contributed by atoms with Crippen molar-refractivity contribution in [1.29, 1.82) is 0 Å². The number of amides is 2.